The van der Waals surface area contributed by atoms with Crippen molar-refractivity contribution < 1.29 is 19.3 Å². The summed E-state index contributed by atoms with van der Waals surface area (Å²) in [6.45, 7) is 7.65. The fourth-order valence-corrected chi connectivity index (χ4v) is 2.65. The van der Waals surface area contributed by atoms with Gasteiger partial charge in [-0.05, 0) is 39.3 Å². The summed E-state index contributed by atoms with van der Waals surface area (Å²) in [7, 11) is 1.94. The van der Waals surface area contributed by atoms with Crippen LogP contribution in [-0.2, 0) is 14.2 Å². The van der Waals surface area contributed by atoms with Crippen molar-refractivity contribution in [3.05, 3.63) is 17.4 Å². The minimum Gasteiger partial charge on any atom is -0.394 e. The molecule has 0 spiro atoms. The zero-order chi connectivity index (χ0) is 13.6. The number of ether oxygens (including phenoxy) is 3. The van der Waals surface area contributed by atoms with Gasteiger partial charge in [0.05, 0.1) is 12.6 Å². The lowest BCUT2D eigenvalue weighted by Gasteiger charge is -2.27. The lowest BCUT2D eigenvalue weighted by atomic mass is 9.80. The lowest BCUT2D eigenvalue weighted by molar-refractivity contribution is -0.191. The molecule has 1 N–H and O–H groups in total. The van der Waals surface area contributed by atoms with Crippen LogP contribution in [0.5, 0.6) is 0 Å². The van der Waals surface area contributed by atoms with E-state index in [2.05, 4.69) is 5.73 Å². The molecule has 0 aromatic heterocycles. The molecule has 0 radical (unpaired) electrons. The topological polar surface area (TPSA) is 47.9 Å². The third-order valence-corrected chi connectivity index (χ3v) is 3.40. The minimum atomic E-state index is -0.671. The van der Waals surface area contributed by atoms with Crippen LogP contribution in [-0.4, -0.2) is 49.2 Å². The van der Waals surface area contributed by atoms with Gasteiger partial charge in [-0.3, -0.25) is 0 Å². The van der Waals surface area contributed by atoms with Crippen LogP contribution >= 0.6 is 0 Å². The molecule has 0 aromatic carbocycles. The summed E-state index contributed by atoms with van der Waals surface area (Å²) in [4.78, 5) is 0. The molecule has 2 aliphatic heterocycles. The highest BCUT2D eigenvalue weighted by atomic mass is 16.8. The summed E-state index contributed by atoms with van der Waals surface area (Å²) in [5.74, 6) is -0.671. The highest BCUT2D eigenvalue weighted by Crippen LogP contribution is 2.46. The van der Waals surface area contributed by atoms with Gasteiger partial charge < -0.3 is 19.3 Å². The Morgan fingerprint density at radius 1 is 1.44 bits per heavy atom. The van der Waals surface area contributed by atoms with Gasteiger partial charge in [0, 0.05) is 0 Å². The number of aliphatic hydroxyl groups excluding tert-OH is 1. The molecule has 2 saturated heterocycles. The summed E-state index contributed by atoms with van der Waals surface area (Å²) < 4.78 is 17.7. The zero-order valence-electron chi connectivity index (χ0n) is 11.7. The average Bonchev–Trinajstić information content (AvgIpc) is 2.67. The largest absolute Gasteiger partial charge is 0.394 e. The van der Waals surface area contributed by atoms with Gasteiger partial charge in [0.2, 0.25) is 0 Å². The second-order valence-electron chi connectivity index (χ2n) is 5.68. The molecule has 2 heterocycles. The van der Waals surface area contributed by atoms with E-state index >= 15 is 0 Å². The minimum absolute atomic E-state index is 0.0706. The molecule has 4 nitrogen and oxygen atoms in total. The number of rotatable bonds is 2. The summed E-state index contributed by atoms with van der Waals surface area (Å²) in [5.41, 5.74) is 3.59. The molecule has 2 rings (SSSR count). The van der Waals surface area contributed by atoms with Gasteiger partial charge in [-0.1, -0.05) is 0 Å². The molecule has 4 atom stereocenters. The van der Waals surface area contributed by atoms with E-state index in [4.69, 9.17) is 14.2 Å². The Morgan fingerprint density at radius 2 is 2.11 bits per heavy atom. The highest BCUT2D eigenvalue weighted by molar-refractivity contribution is 6.12. The maximum Gasteiger partial charge on any atom is 0.164 e. The monoisotopic (exact) mass is 252 g/mol. The van der Waals surface area contributed by atoms with Crippen LogP contribution in [0.3, 0.4) is 0 Å². The van der Waals surface area contributed by atoms with E-state index in [1.807, 2.05) is 41.6 Å². The van der Waals surface area contributed by atoms with Gasteiger partial charge in [-0.25, -0.2) is 0 Å². The Bertz CT molecular complexity index is 396. The first-order valence-corrected chi connectivity index (χ1v) is 6.36. The predicted molar refractivity (Wildman–Crippen MR) is 70.0 cm³/mol. The van der Waals surface area contributed by atoms with Crippen molar-refractivity contribution in [1.29, 1.82) is 0 Å². The molecule has 0 saturated carbocycles. The molecule has 18 heavy (non-hydrogen) atoms. The van der Waals surface area contributed by atoms with Crippen molar-refractivity contribution in [2.45, 2.75) is 57.3 Å². The van der Waals surface area contributed by atoms with Crippen molar-refractivity contribution in [1.82, 2.24) is 0 Å². The van der Waals surface area contributed by atoms with Crippen LogP contribution < -0.4 is 0 Å². The fraction of sp³-hybridized carbons (Fsp3) is 0.769. The Labute approximate surface area is 109 Å². The van der Waals surface area contributed by atoms with E-state index in [9.17, 15) is 5.11 Å². The second-order valence-corrected chi connectivity index (χ2v) is 5.68. The van der Waals surface area contributed by atoms with Gasteiger partial charge in [0.25, 0.3) is 0 Å². The zero-order valence-corrected chi connectivity index (χ0v) is 11.7. The first kappa shape index (κ1) is 13.8. The van der Waals surface area contributed by atoms with Crippen molar-refractivity contribution >= 4 is 7.85 Å². The van der Waals surface area contributed by atoms with Crippen LogP contribution in [0.4, 0.5) is 0 Å². The number of aliphatic hydroxyl groups is 1. The van der Waals surface area contributed by atoms with Gasteiger partial charge in [0.1, 0.15) is 25.7 Å². The van der Waals surface area contributed by atoms with Crippen molar-refractivity contribution in [2.24, 2.45) is 0 Å². The summed E-state index contributed by atoms with van der Waals surface area (Å²) in [6.07, 6.45) is 1.25. The number of hydrogen-bond acceptors (Lipinski definition) is 4. The van der Waals surface area contributed by atoms with Crippen LogP contribution in [0, 0.1) is 0 Å². The molecule has 0 aliphatic carbocycles. The Morgan fingerprint density at radius 3 is 2.67 bits per heavy atom. The highest BCUT2D eigenvalue weighted by Gasteiger charge is 2.63. The standard InChI is InChI=1S/C13H21BO4/c1-8(2)5-6-13-10(17-12(3,4)18-13)9(7-15)16-11(13)14/h6,9-11,15H,7,14H2,1-4H3/t9-,10?,11-,13-/m1/s1. The van der Waals surface area contributed by atoms with E-state index < -0.39 is 11.4 Å². The van der Waals surface area contributed by atoms with E-state index in [1.165, 1.54) is 0 Å². The van der Waals surface area contributed by atoms with E-state index in [1.54, 1.807) is 0 Å². The molecule has 0 aromatic rings. The quantitative estimate of drug-likeness (QED) is 0.569. The Hall–Kier alpha value is -0.575. The van der Waals surface area contributed by atoms with E-state index in [-0.39, 0.29) is 24.8 Å². The lowest BCUT2D eigenvalue weighted by Crippen LogP contribution is -2.45. The van der Waals surface area contributed by atoms with Gasteiger partial charge in [-0.2, -0.15) is 0 Å². The van der Waals surface area contributed by atoms with Crippen molar-refractivity contribution in [2.75, 3.05) is 6.61 Å². The van der Waals surface area contributed by atoms with Crippen molar-refractivity contribution in [3.8, 4) is 0 Å². The summed E-state index contributed by atoms with van der Waals surface area (Å²) in [5, 5.41) is 9.39. The molecule has 100 valence electrons. The number of fused-ring (bicyclic) bond motifs is 1. The summed E-state index contributed by atoms with van der Waals surface area (Å²) >= 11 is 0. The van der Waals surface area contributed by atoms with Crippen LogP contribution in [0.15, 0.2) is 17.4 Å². The normalized spacial score (nSPS) is 41.3. The molecule has 2 aliphatic rings. The first-order valence-electron chi connectivity index (χ1n) is 6.36. The van der Waals surface area contributed by atoms with Crippen molar-refractivity contribution in [3.63, 3.8) is 0 Å². The number of hydrogen-bond donors (Lipinski definition) is 1. The van der Waals surface area contributed by atoms with Gasteiger partial charge in [0.15, 0.2) is 5.79 Å². The van der Waals surface area contributed by atoms with E-state index in [0.29, 0.717) is 0 Å². The first-order chi connectivity index (χ1) is 8.31. The maximum atomic E-state index is 9.39. The smallest absolute Gasteiger partial charge is 0.164 e. The Balaban J connectivity index is 2.42. The molecule has 5 heteroatoms. The van der Waals surface area contributed by atoms with Crippen LogP contribution in [0.25, 0.3) is 0 Å². The third-order valence-electron chi connectivity index (χ3n) is 3.40. The van der Waals surface area contributed by atoms with E-state index in [0.717, 1.165) is 5.57 Å². The second kappa shape index (κ2) is 4.51. The molecular formula is C13H21BO4. The molecule has 1 unspecified atom stereocenters. The summed E-state index contributed by atoms with van der Waals surface area (Å²) in [6, 6.07) is -0.173. The fourth-order valence-electron chi connectivity index (χ4n) is 2.65. The van der Waals surface area contributed by atoms with Gasteiger partial charge in [-0.15, -0.1) is 5.73 Å². The molecule has 0 amide bonds. The molecular weight excluding hydrogens is 231 g/mol. The average molecular weight is 252 g/mol. The Kier molecular flexibility index (Phi) is 3.47. The SMILES string of the molecule is B[C@@H]1O[C@H](CO)C2OC(C)(C)O[C@]21C=C=C(C)C. The van der Waals surface area contributed by atoms with Crippen LogP contribution in [0.1, 0.15) is 27.7 Å². The predicted octanol–water partition coefficient (Wildman–Crippen LogP) is 0.348. The molecule has 2 fully saturated rings. The van der Waals surface area contributed by atoms with Gasteiger partial charge >= 0.3 is 0 Å². The maximum absolute atomic E-state index is 9.39. The molecule has 0 bridgehead atoms. The third kappa shape index (κ3) is 2.17. The van der Waals surface area contributed by atoms with Crippen LogP contribution in [0.2, 0.25) is 0 Å².